The second kappa shape index (κ2) is 7.06. The van der Waals surface area contributed by atoms with Crippen LogP contribution in [-0.2, 0) is 11.3 Å². The zero-order chi connectivity index (χ0) is 14.4. The van der Waals surface area contributed by atoms with E-state index in [9.17, 15) is 4.79 Å². The van der Waals surface area contributed by atoms with Gasteiger partial charge in [-0.2, -0.15) is 5.26 Å². The summed E-state index contributed by atoms with van der Waals surface area (Å²) in [5.74, 6) is -0.271. The molecule has 0 unspecified atom stereocenters. The number of carbonyl (C=O) groups excluding carboxylic acids is 1. The molecule has 0 spiro atoms. The minimum absolute atomic E-state index is 0.0725. The molecule has 1 fully saturated rings. The molecule has 0 radical (unpaired) electrons. The van der Waals surface area contributed by atoms with Crippen molar-refractivity contribution in [3.63, 3.8) is 0 Å². The van der Waals surface area contributed by atoms with Crippen molar-refractivity contribution in [2.24, 2.45) is 11.7 Å². The topological polar surface area (TPSA) is 78.9 Å². The lowest BCUT2D eigenvalue weighted by atomic mass is 9.94. The maximum Gasteiger partial charge on any atom is 0.222 e. The molecular weight excluding hydrogens is 250 g/mol. The smallest absolute Gasteiger partial charge is 0.222 e. The SMILES string of the molecule is N#Cc1cccc(CN[C@H]2CCCCC[C@H]2C(N)=O)c1. The number of nitrogens with two attached hydrogens (primary N) is 1. The molecule has 0 saturated heterocycles. The summed E-state index contributed by atoms with van der Waals surface area (Å²) in [4.78, 5) is 11.6. The van der Waals surface area contributed by atoms with E-state index in [1.807, 2.05) is 18.2 Å². The van der Waals surface area contributed by atoms with Gasteiger partial charge in [0, 0.05) is 12.6 Å². The number of rotatable bonds is 4. The standard InChI is InChI=1S/C16H21N3O/c17-10-12-5-4-6-13(9-12)11-19-15-8-3-1-2-7-14(15)16(18)20/h4-6,9,14-15,19H,1-3,7-8,11H2,(H2,18,20)/t14-,15+/m1/s1. The normalized spacial score (nSPS) is 22.8. The number of hydrogen-bond donors (Lipinski definition) is 2. The van der Waals surface area contributed by atoms with Crippen LogP contribution in [0.1, 0.15) is 43.2 Å². The Hall–Kier alpha value is -1.86. The van der Waals surface area contributed by atoms with Crippen LogP contribution < -0.4 is 11.1 Å². The fraction of sp³-hybridized carbons (Fsp3) is 0.500. The highest BCUT2D eigenvalue weighted by Crippen LogP contribution is 2.23. The van der Waals surface area contributed by atoms with E-state index in [1.165, 1.54) is 6.42 Å². The molecule has 3 N–H and O–H groups in total. The molecule has 4 nitrogen and oxygen atoms in total. The average molecular weight is 271 g/mol. The molecule has 0 bridgehead atoms. The summed E-state index contributed by atoms with van der Waals surface area (Å²) in [5.41, 5.74) is 7.25. The van der Waals surface area contributed by atoms with Crippen molar-refractivity contribution in [1.29, 1.82) is 5.26 Å². The van der Waals surface area contributed by atoms with Crippen LogP contribution in [0.25, 0.3) is 0 Å². The lowest BCUT2D eigenvalue weighted by Crippen LogP contribution is -2.41. The van der Waals surface area contributed by atoms with Crippen LogP contribution in [0.2, 0.25) is 0 Å². The van der Waals surface area contributed by atoms with Gasteiger partial charge >= 0.3 is 0 Å². The maximum absolute atomic E-state index is 11.6. The first-order chi connectivity index (χ1) is 9.70. The Morgan fingerprint density at radius 1 is 1.35 bits per heavy atom. The number of benzene rings is 1. The molecule has 1 amide bonds. The lowest BCUT2D eigenvalue weighted by Gasteiger charge is -2.23. The Morgan fingerprint density at radius 2 is 2.15 bits per heavy atom. The van der Waals surface area contributed by atoms with E-state index in [2.05, 4.69) is 11.4 Å². The predicted octanol–water partition coefficient (Wildman–Crippen LogP) is 2.08. The Labute approximate surface area is 120 Å². The van der Waals surface area contributed by atoms with E-state index in [0.717, 1.165) is 31.2 Å². The highest BCUT2D eigenvalue weighted by molar-refractivity contribution is 5.77. The highest BCUT2D eigenvalue weighted by Gasteiger charge is 2.27. The van der Waals surface area contributed by atoms with Crippen molar-refractivity contribution in [2.75, 3.05) is 0 Å². The molecule has 2 atom stereocenters. The zero-order valence-corrected chi connectivity index (χ0v) is 11.6. The van der Waals surface area contributed by atoms with Gasteiger partial charge in [0.1, 0.15) is 0 Å². The summed E-state index contributed by atoms with van der Waals surface area (Å²) in [5, 5.41) is 12.3. The molecule has 20 heavy (non-hydrogen) atoms. The summed E-state index contributed by atoms with van der Waals surface area (Å²) in [6.07, 6.45) is 5.26. The van der Waals surface area contributed by atoms with Crippen molar-refractivity contribution in [2.45, 2.75) is 44.7 Å². The van der Waals surface area contributed by atoms with Gasteiger partial charge in [-0.15, -0.1) is 0 Å². The fourth-order valence-electron chi connectivity index (χ4n) is 2.89. The van der Waals surface area contributed by atoms with E-state index in [0.29, 0.717) is 12.1 Å². The van der Waals surface area contributed by atoms with Crippen LogP contribution in [0.4, 0.5) is 0 Å². The number of nitriles is 1. The average Bonchev–Trinajstić information content (AvgIpc) is 2.70. The number of amides is 1. The third kappa shape index (κ3) is 3.82. The van der Waals surface area contributed by atoms with Crippen LogP contribution in [0.5, 0.6) is 0 Å². The van der Waals surface area contributed by atoms with Crippen LogP contribution in [0.15, 0.2) is 24.3 Å². The van der Waals surface area contributed by atoms with E-state index >= 15 is 0 Å². The molecule has 1 aliphatic rings. The van der Waals surface area contributed by atoms with Crippen LogP contribution >= 0.6 is 0 Å². The quantitative estimate of drug-likeness (QED) is 0.823. The van der Waals surface area contributed by atoms with E-state index < -0.39 is 0 Å². The minimum atomic E-state index is -0.199. The first-order valence-corrected chi connectivity index (χ1v) is 7.22. The molecular formula is C16H21N3O. The molecule has 106 valence electrons. The molecule has 0 aliphatic heterocycles. The van der Waals surface area contributed by atoms with Crippen LogP contribution in [0, 0.1) is 17.2 Å². The first kappa shape index (κ1) is 14.5. The zero-order valence-electron chi connectivity index (χ0n) is 11.6. The molecule has 4 heteroatoms. The van der Waals surface area contributed by atoms with Gasteiger partial charge in [0.25, 0.3) is 0 Å². The van der Waals surface area contributed by atoms with Gasteiger partial charge in [0.15, 0.2) is 0 Å². The Kier molecular flexibility index (Phi) is 5.14. The summed E-state index contributed by atoms with van der Waals surface area (Å²) in [7, 11) is 0. The van der Waals surface area contributed by atoms with Gasteiger partial charge in [0.05, 0.1) is 17.6 Å². The van der Waals surface area contributed by atoms with E-state index in [1.54, 1.807) is 6.07 Å². The van der Waals surface area contributed by atoms with Gasteiger partial charge < -0.3 is 11.1 Å². The second-order valence-corrected chi connectivity index (χ2v) is 5.45. The Bertz CT molecular complexity index is 507. The van der Waals surface area contributed by atoms with E-state index in [-0.39, 0.29) is 17.9 Å². The van der Waals surface area contributed by atoms with Gasteiger partial charge in [-0.1, -0.05) is 31.4 Å². The number of hydrogen-bond acceptors (Lipinski definition) is 3. The molecule has 0 aromatic heterocycles. The fourth-order valence-corrected chi connectivity index (χ4v) is 2.89. The van der Waals surface area contributed by atoms with Gasteiger partial charge in [-0.05, 0) is 30.5 Å². The molecule has 1 aromatic carbocycles. The van der Waals surface area contributed by atoms with Crippen molar-refractivity contribution in [3.05, 3.63) is 35.4 Å². The monoisotopic (exact) mass is 271 g/mol. The van der Waals surface area contributed by atoms with Crippen molar-refractivity contribution in [1.82, 2.24) is 5.32 Å². The first-order valence-electron chi connectivity index (χ1n) is 7.22. The van der Waals surface area contributed by atoms with Crippen molar-refractivity contribution >= 4 is 5.91 Å². The van der Waals surface area contributed by atoms with Gasteiger partial charge in [-0.3, -0.25) is 4.79 Å². The molecule has 1 aromatic rings. The maximum atomic E-state index is 11.6. The number of nitrogens with one attached hydrogen (secondary N) is 1. The Balaban J connectivity index is 1.99. The minimum Gasteiger partial charge on any atom is -0.369 e. The second-order valence-electron chi connectivity index (χ2n) is 5.45. The molecule has 1 saturated carbocycles. The van der Waals surface area contributed by atoms with Crippen LogP contribution in [0.3, 0.4) is 0 Å². The lowest BCUT2D eigenvalue weighted by molar-refractivity contribution is -0.122. The predicted molar refractivity (Wildman–Crippen MR) is 77.6 cm³/mol. The van der Waals surface area contributed by atoms with Gasteiger partial charge in [-0.25, -0.2) is 0 Å². The number of nitrogens with zero attached hydrogens (tertiary/aromatic N) is 1. The van der Waals surface area contributed by atoms with Crippen molar-refractivity contribution < 1.29 is 4.79 Å². The number of primary amides is 1. The van der Waals surface area contributed by atoms with Gasteiger partial charge in [0.2, 0.25) is 5.91 Å². The Morgan fingerprint density at radius 3 is 2.90 bits per heavy atom. The molecule has 0 heterocycles. The molecule has 1 aliphatic carbocycles. The number of carbonyl (C=O) groups is 1. The molecule has 2 rings (SSSR count). The third-order valence-corrected chi connectivity index (χ3v) is 4.01. The highest BCUT2D eigenvalue weighted by atomic mass is 16.1. The third-order valence-electron chi connectivity index (χ3n) is 4.01. The largest absolute Gasteiger partial charge is 0.369 e. The summed E-state index contributed by atoms with van der Waals surface area (Å²) in [6.45, 7) is 0.671. The van der Waals surface area contributed by atoms with E-state index in [4.69, 9.17) is 11.0 Å². The summed E-state index contributed by atoms with van der Waals surface area (Å²) < 4.78 is 0. The van der Waals surface area contributed by atoms with Crippen LogP contribution in [-0.4, -0.2) is 11.9 Å². The summed E-state index contributed by atoms with van der Waals surface area (Å²) in [6, 6.07) is 9.84. The summed E-state index contributed by atoms with van der Waals surface area (Å²) >= 11 is 0. The van der Waals surface area contributed by atoms with Crippen molar-refractivity contribution in [3.8, 4) is 6.07 Å².